The minimum absolute atomic E-state index is 0.502. The molecule has 0 bridgehead atoms. The van der Waals surface area contributed by atoms with E-state index in [4.69, 9.17) is 25.9 Å². The van der Waals surface area contributed by atoms with E-state index in [0.717, 1.165) is 55.0 Å². The van der Waals surface area contributed by atoms with E-state index in [1.807, 2.05) is 72.8 Å². The van der Waals surface area contributed by atoms with Gasteiger partial charge in [-0.2, -0.15) is 0 Å². The van der Waals surface area contributed by atoms with Crippen LogP contribution in [0.2, 0.25) is 0 Å². The van der Waals surface area contributed by atoms with Gasteiger partial charge in [0.1, 0.15) is 11.2 Å². The number of hydrogen-bond donors (Lipinski definition) is 0. The summed E-state index contributed by atoms with van der Waals surface area (Å²) in [5.41, 5.74) is 7.66. The number of nitrogens with zero attached hydrogens (tertiary/aromatic N) is 5. The van der Waals surface area contributed by atoms with Crippen LogP contribution in [0.4, 0.5) is 5.69 Å². The highest BCUT2D eigenvalue weighted by molar-refractivity contribution is 6.16. The lowest BCUT2D eigenvalue weighted by Gasteiger charge is -2.10. The molecule has 0 fully saturated rings. The van der Waals surface area contributed by atoms with E-state index in [-0.39, 0.29) is 0 Å². The third-order valence-corrected chi connectivity index (χ3v) is 8.48. The second-order valence-corrected chi connectivity index (χ2v) is 11.1. The first-order valence-corrected chi connectivity index (χ1v) is 15.0. The molecule has 46 heavy (non-hydrogen) atoms. The molecule has 0 unspecified atom stereocenters. The van der Waals surface area contributed by atoms with Crippen LogP contribution >= 0.6 is 0 Å². The molecular formula is C40H23N5O. The lowest BCUT2D eigenvalue weighted by molar-refractivity contribution is 0.669. The van der Waals surface area contributed by atoms with Crippen LogP contribution in [-0.2, 0) is 0 Å². The van der Waals surface area contributed by atoms with E-state index in [2.05, 4.69) is 76.1 Å². The van der Waals surface area contributed by atoms with E-state index in [9.17, 15) is 0 Å². The Balaban J connectivity index is 1.35. The molecule has 9 rings (SSSR count). The summed E-state index contributed by atoms with van der Waals surface area (Å²) in [6.07, 6.45) is 0. The van der Waals surface area contributed by atoms with Gasteiger partial charge in [0.05, 0.1) is 23.2 Å². The van der Waals surface area contributed by atoms with Gasteiger partial charge in [-0.05, 0) is 36.4 Å². The van der Waals surface area contributed by atoms with Gasteiger partial charge in [0, 0.05) is 38.4 Å². The summed E-state index contributed by atoms with van der Waals surface area (Å²) in [7, 11) is 0. The van der Waals surface area contributed by atoms with E-state index < -0.39 is 0 Å². The molecule has 9 aromatic rings. The van der Waals surface area contributed by atoms with Crippen molar-refractivity contribution >= 4 is 49.4 Å². The lowest BCUT2D eigenvalue weighted by atomic mass is 10.0. The molecule has 0 saturated heterocycles. The fraction of sp³-hybridized carbons (Fsp3) is 0. The van der Waals surface area contributed by atoms with E-state index in [1.54, 1.807) is 0 Å². The second kappa shape index (κ2) is 10.3. The van der Waals surface area contributed by atoms with E-state index in [1.165, 1.54) is 0 Å². The van der Waals surface area contributed by atoms with Gasteiger partial charge in [-0.3, -0.25) is 0 Å². The minimum atomic E-state index is 0.502. The number of aromatic nitrogens is 4. The summed E-state index contributed by atoms with van der Waals surface area (Å²) in [5, 5.41) is 3.84. The standard InChI is InChI=1S/C40H23N5O/c1-41-31-21-12-24-34-36(31)28-18-10-20-30(37(28)46-34)40-43-38(25-13-4-2-5-14-25)42-39(44-40)29-19-11-23-33-35(29)27-17-8-9-22-32(27)45(33)26-15-6-3-7-16-26/h2-24H. The van der Waals surface area contributed by atoms with Gasteiger partial charge >= 0.3 is 0 Å². The molecule has 0 spiro atoms. The summed E-state index contributed by atoms with van der Waals surface area (Å²) in [6.45, 7) is 7.73. The van der Waals surface area contributed by atoms with Gasteiger partial charge in [0.25, 0.3) is 0 Å². The first kappa shape index (κ1) is 25.9. The number of furan rings is 1. The van der Waals surface area contributed by atoms with Gasteiger partial charge in [0.15, 0.2) is 23.2 Å². The molecule has 0 radical (unpaired) electrons. The SMILES string of the molecule is [C-]#[N+]c1cccc2oc3c(-c4nc(-c5ccccc5)nc(-c5cccc6c5c5ccccc5n6-c5ccccc5)n4)cccc3c12. The average molecular weight is 590 g/mol. The Morgan fingerprint density at radius 2 is 1.15 bits per heavy atom. The Morgan fingerprint density at radius 1 is 0.522 bits per heavy atom. The van der Waals surface area contributed by atoms with Crippen LogP contribution in [0.15, 0.2) is 144 Å². The van der Waals surface area contributed by atoms with Gasteiger partial charge in [-0.15, -0.1) is 0 Å². The molecule has 0 atom stereocenters. The first-order valence-electron chi connectivity index (χ1n) is 15.0. The monoisotopic (exact) mass is 589 g/mol. The van der Waals surface area contributed by atoms with E-state index >= 15 is 0 Å². The highest BCUT2D eigenvalue weighted by Crippen LogP contribution is 2.41. The molecule has 6 aromatic carbocycles. The Bertz CT molecular complexity index is 2650. The largest absolute Gasteiger partial charge is 0.457 e. The first-order chi connectivity index (χ1) is 22.8. The van der Waals surface area contributed by atoms with Crippen molar-refractivity contribution in [1.82, 2.24) is 19.5 Å². The van der Waals surface area contributed by atoms with Crippen molar-refractivity contribution < 1.29 is 4.42 Å². The third kappa shape index (κ3) is 3.93. The predicted molar refractivity (Wildman–Crippen MR) is 184 cm³/mol. The van der Waals surface area contributed by atoms with Crippen LogP contribution < -0.4 is 0 Å². The molecule has 6 nitrogen and oxygen atoms in total. The maximum atomic E-state index is 7.73. The van der Waals surface area contributed by atoms with Crippen molar-refractivity contribution in [2.45, 2.75) is 0 Å². The molecule has 6 heteroatoms. The summed E-state index contributed by atoms with van der Waals surface area (Å²) < 4.78 is 8.69. The summed E-state index contributed by atoms with van der Waals surface area (Å²) >= 11 is 0. The second-order valence-electron chi connectivity index (χ2n) is 11.1. The van der Waals surface area contributed by atoms with Crippen LogP contribution in [0.1, 0.15) is 0 Å². The number of rotatable bonds is 4. The third-order valence-electron chi connectivity index (χ3n) is 8.48. The summed E-state index contributed by atoms with van der Waals surface area (Å²) in [6, 6.07) is 46.6. The van der Waals surface area contributed by atoms with Crippen molar-refractivity contribution in [2.24, 2.45) is 0 Å². The van der Waals surface area contributed by atoms with Crippen LogP contribution in [-0.4, -0.2) is 19.5 Å². The quantitative estimate of drug-likeness (QED) is 0.192. The Hall–Kier alpha value is -6.58. The van der Waals surface area contributed by atoms with Crippen molar-refractivity contribution in [2.75, 3.05) is 0 Å². The molecule has 3 heterocycles. The molecule has 0 aliphatic rings. The Kier molecular flexibility index (Phi) is 5.77. The maximum absolute atomic E-state index is 7.73. The smallest absolute Gasteiger partial charge is 0.198 e. The zero-order chi connectivity index (χ0) is 30.6. The molecule has 0 N–H and O–H groups in total. The van der Waals surface area contributed by atoms with Gasteiger partial charge in [-0.25, -0.2) is 19.8 Å². The summed E-state index contributed by atoms with van der Waals surface area (Å²) in [5.74, 6) is 1.64. The van der Waals surface area contributed by atoms with Crippen molar-refractivity contribution in [1.29, 1.82) is 0 Å². The molecule has 0 amide bonds. The van der Waals surface area contributed by atoms with Crippen LogP contribution in [0, 0.1) is 6.57 Å². The Labute approximate surface area is 263 Å². The van der Waals surface area contributed by atoms with Gasteiger partial charge in [-0.1, -0.05) is 103 Å². The highest BCUT2D eigenvalue weighted by atomic mass is 16.3. The normalized spacial score (nSPS) is 11.5. The van der Waals surface area contributed by atoms with Crippen LogP contribution in [0.3, 0.4) is 0 Å². The molecule has 3 aromatic heterocycles. The van der Waals surface area contributed by atoms with Crippen molar-refractivity contribution in [3.05, 3.63) is 151 Å². The van der Waals surface area contributed by atoms with Crippen molar-refractivity contribution in [3.8, 4) is 39.9 Å². The van der Waals surface area contributed by atoms with E-state index in [0.29, 0.717) is 34.3 Å². The molecular weight excluding hydrogens is 566 g/mol. The number of fused-ring (bicyclic) bond motifs is 6. The molecule has 214 valence electrons. The molecule has 0 aliphatic heterocycles. The zero-order valence-electron chi connectivity index (χ0n) is 24.4. The Morgan fingerprint density at radius 3 is 1.98 bits per heavy atom. The number of benzene rings is 6. The topological polar surface area (TPSA) is 61.1 Å². The van der Waals surface area contributed by atoms with Gasteiger partial charge < -0.3 is 8.98 Å². The van der Waals surface area contributed by atoms with Crippen LogP contribution in [0.25, 0.3) is 88.4 Å². The summed E-state index contributed by atoms with van der Waals surface area (Å²) in [4.78, 5) is 19.0. The molecule has 0 saturated carbocycles. The van der Waals surface area contributed by atoms with Crippen LogP contribution in [0.5, 0.6) is 0 Å². The minimum Gasteiger partial charge on any atom is -0.457 e. The fourth-order valence-corrected chi connectivity index (χ4v) is 6.49. The average Bonchev–Trinajstić information content (AvgIpc) is 3.68. The lowest BCUT2D eigenvalue weighted by Crippen LogP contribution is -2.00. The number of hydrogen-bond acceptors (Lipinski definition) is 4. The van der Waals surface area contributed by atoms with Crippen molar-refractivity contribution in [3.63, 3.8) is 0 Å². The molecule has 0 aliphatic carbocycles. The number of para-hydroxylation sites is 3. The zero-order valence-corrected chi connectivity index (χ0v) is 24.4. The maximum Gasteiger partial charge on any atom is 0.198 e. The highest BCUT2D eigenvalue weighted by Gasteiger charge is 2.21. The fourth-order valence-electron chi connectivity index (χ4n) is 6.49. The predicted octanol–water partition coefficient (Wildman–Crippen LogP) is 10.4. The van der Waals surface area contributed by atoms with Gasteiger partial charge in [0.2, 0.25) is 0 Å².